The molecule has 0 saturated carbocycles. The summed E-state index contributed by atoms with van der Waals surface area (Å²) >= 11 is 5.79. The van der Waals surface area contributed by atoms with Gasteiger partial charge in [0.1, 0.15) is 5.82 Å². The van der Waals surface area contributed by atoms with E-state index in [9.17, 15) is 8.78 Å². The van der Waals surface area contributed by atoms with Crippen molar-refractivity contribution in [3.8, 4) is 0 Å². The molecule has 16 heavy (non-hydrogen) atoms. The van der Waals surface area contributed by atoms with Crippen molar-refractivity contribution in [2.45, 2.75) is 5.13 Å². The summed E-state index contributed by atoms with van der Waals surface area (Å²) in [7, 11) is 0. The molecule has 82 valence electrons. The molecule has 0 bridgehead atoms. The first-order valence-electron chi connectivity index (χ1n) is 4.80. The molecule has 2 rings (SSSR count). The van der Waals surface area contributed by atoms with Crippen LogP contribution in [-0.4, -0.2) is 0 Å². The molecule has 0 radical (unpaired) electrons. The molecule has 0 amide bonds. The van der Waals surface area contributed by atoms with Crippen LogP contribution in [0.4, 0.5) is 8.78 Å². The van der Waals surface area contributed by atoms with E-state index >= 15 is 0 Å². The highest BCUT2D eigenvalue weighted by atomic mass is 35.5. The summed E-state index contributed by atoms with van der Waals surface area (Å²) in [6.45, 7) is 0. The van der Waals surface area contributed by atoms with Crippen LogP contribution < -0.4 is 0 Å². The smallest absolute Gasteiger partial charge is 0.215 e. The monoisotopic (exact) mass is 238 g/mol. The molecule has 0 saturated heterocycles. The largest absolute Gasteiger partial charge is 0.236 e. The molecule has 2 aromatic carbocycles. The number of benzene rings is 2. The Kier molecular flexibility index (Phi) is 2.92. The average Bonchev–Trinajstić information content (AvgIpc) is 2.30. The van der Waals surface area contributed by atoms with Crippen LogP contribution in [0.15, 0.2) is 54.6 Å². The summed E-state index contributed by atoms with van der Waals surface area (Å²) < 4.78 is 27.8. The molecular weight excluding hydrogens is 230 g/mol. The second kappa shape index (κ2) is 4.22. The maximum Gasteiger partial charge on any atom is 0.236 e. The minimum atomic E-state index is -2.33. The Bertz CT molecular complexity index is 480. The predicted octanol–water partition coefficient (Wildman–Crippen LogP) is 4.24. The van der Waals surface area contributed by atoms with Crippen LogP contribution in [0.5, 0.6) is 0 Å². The van der Waals surface area contributed by atoms with Crippen LogP contribution >= 0.6 is 11.6 Å². The van der Waals surface area contributed by atoms with Gasteiger partial charge in [-0.05, 0) is 6.07 Å². The third-order valence-electron chi connectivity index (χ3n) is 2.35. The predicted molar refractivity (Wildman–Crippen MR) is 60.6 cm³/mol. The van der Waals surface area contributed by atoms with Crippen LogP contribution in [0.2, 0.25) is 0 Å². The molecule has 0 spiro atoms. The second-order valence-corrected chi connectivity index (χ2v) is 3.94. The van der Waals surface area contributed by atoms with Gasteiger partial charge in [-0.1, -0.05) is 60.1 Å². The lowest BCUT2D eigenvalue weighted by molar-refractivity contribution is 0.332. The standard InChI is InChI=1S/C13H9ClF2/c14-13(16,10-6-2-1-3-7-10)11-8-4-5-9-12(11)15/h1-9H. The van der Waals surface area contributed by atoms with Gasteiger partial charge in [-0.15, -0.1) is 0 Å². The number of alkyl halides is 2. The summed E-state index contributed by atoms with van der Waals surface area (Å²) in [6, 6.07) is 13.7. The van der Waals surface area contributed by atoms with Gasteiger partial charge in [0.15, 0.2) is 0 Å². The summed E-state index contributed by atoms with van der Waals surface area (Å²) in [5.41, 5.74) is 0.0598. The summed E-state index contributed by atoms with van der Waals surface area (Å²) in [5, 5.41) is -2.33. The second-order valence-electron chi connectivity index (χ2n) is 3.42. The zero-order chi connectivity index (χ0) is 11.6. The third kappa shape index (κ3) is 1.93. The normalized spacial score (nSPS) is 14.4. The molecule has 0 aliphatic heterocycles. The van der Waals surface area contributed by atoms with E-state index in [0.29, 0.717) is 0 Å². The minimum Gasteiger partial charge on any atom is -0.215 e. The van der Waals surface area contributed by atoms with Gasteiger partial charge in [0.2, 0.25) is 5.13 Å². The Morgan fingerprint density at radius 2 is 1.44 bits per heavy atom. The highest BCUT2D eigenvalue weighted by Gasteiger charge is 2.33. The number of hydrogen-bond donors (Lipinski definition) is 0. The van der Waals surface area contributed by atoms with Crippen LogP contribution in [0.3, 0.4) is 0 Å². The fourth-order valence-electron chi connectivity index (χ4n) is 1.52. The number of halogens is 3. The first-order chi connectivity index (χ1) is 7.62. The van der Waals surface area contributed by atoms with Crippen molar-refractivity contribution in [2.75, 3.05) is 0 Å². The Hall–Kier alpha value is -1.41. The highest BCUT2D eigenvalue weighted by Crippen LogP contribution is 2.39. The highest BCUT2D eigenvalue weighted by molar-refractivity contribution is 6.24. The Labute approximate surface area is 97.5 Å². The first-order valence-corrected chi connectivity index (χ1v) is 5.18. The Morgan fingerprint density at radius 3 is 2.06 bits per heavy atom. The molecule has 3 heteroatoms. The maximum atomic E-state index is 14.3. The van der Waals surface area contributed by atoms with Gasteiger partial charge in [-0.3, -0.25) is 0 Å². The van der Waals surface area contributed by atoms with Gasteiger partial charge in [0, 0.05) is 11.1 Å². The number of hydrogen-bond acceptors (Lipinski definition) is 0. The van der Waals surface area contributed by atoms with E-state index in [2.05, 4.69) is 0 Å². The lowest BCUT2D eigenvalue weighted by Gasteiger charge is -2.19. The maximum absolute atomic E-state index is 14.3. The van der Waals surface area contributed by atoms with E-state index in [1.54, 1.807) is 24.3 Å². The Morgan fingerprint density at radius 1 is 0.875 bits per heavy atom. The zero-order valence-electron chi connectivity index (χ0n) is 8.33. The van der Waals surface area contributed by atoms with Gasteiger partial charge in [0.25, 0.3) is 0 Å². The van der Waals surface area contributed by atoms with E-state index in [4.69, 9.17) is 11.6 Å². The lowest BCUT2D eigenvalue weighted by Crippen LogP contribution is -2.15. The minimum absolute atomic E-state index is 0.164. The van der Waals surface area contributed by atoms with Crippen LogP contribution in [-0.2, 0) is 5.13 Å². The van der Waals surface area contributed by atoms with Crippen molar-refractivity contribution in [1.29, 1.82) is 0 Å². The van der Waals surface area contributed by atoms with E-state index in [0.717, 1.165) is 0 Å². The fraction of sp³-hybridized carbons (Fsp3) is 0.0769. The molecule has 0 aliphatic carbocycles. The molecule has 1 atom stereocenters. The van der Waals surface area contributed by atoms with Gasteiger partial charge < -0.3 is 0 Å². The van der Waals surface area contributed by atoms with Gasteiger partial charge in [-0.25, -0.2) is 8.78 Å². The lowest BCUT2D eigenvalue weighted by atomic mass is 10.0. The molecule has 0 aliphatic rings. The first kappa shape index (κ1) is 11.1. The van der Waals surface area contributed by atoms with Crippen molar-refractivity contribution in [1.82, 2.24) is 0 Å². The zero-order valence-corrected chi connectivity index (χ0v) is 9.09. The van der Waals surface area contributed by atoms with Crippen molar-refractivity contribution in [2.24, 2.45) is 0 Å². The van der Waals surface area contributed by atoms with Crippen molar-refractivity contribution in [3.05, 3.63) is 71.5 Å². The Balaban J connectivity index is 2.51. The SMILES string of the molecule is Fc1ccccc1C(F)(Cl)c1ccccc1. The average molecular weight is 239 g/mol. The van der Waals surface area contributed by atoms with Crippen LogP contribution in [0, 0.1) is 5.82 Å². The molecule has 0 heterocycles. The topological polar surface area (TPSA) is 0 Å². The van der Waals surface area contributed by atoms with Crippen LogP contribution in [0.25, 0.3) is 0 Å². The molecule has 1 unspecified atom stereocenters. The van der Waals surface area contributed by atoms with Crippen molar-refractivity contribution >= 4 is 11.6 Å². The summed E-state index contributed by atoms with van der Waals surface area (Å²) in [5.74, 6) is -0.649. The van der Waals surface area contributed by atoms with E-state index in [1.807, 2.05) is 0 Å². The summed E-state index contributed by atoms with van der Waals surface area (Å²) in [6.07, 6.45) is 0. The van der Waals surface area contributed by atoms with E-state index in [1.165, 1.54) is 30.3 Å². The number of rotatable bonds is 2. The van der Waals surface area contributed by atoms with Gasteiger partial charge in [-0.2, -0.15) is 0 Å². The van der Waals surface area contributed by atoms with Gasteiger partial charge >= 0.3 is 0 Å². The summed E-state index contributed by atoms with van der Waals surface area (Å²) in [4.78, 5) is 0. The molecule has 2 aromatic rings. The molecule has 0 aromatic heterocycles. The third-order valence-corrected chi connectivity index (χ3v) is 2.77. The van der Waals surface area contributed by atoms with Crippen LogP contribution in [0.1, 0.15) is 11.1 Å². The quantitative estimate of drug-likeness (QED) is 0.687. The van der Waals surface area contributed by atoms with Gasteiger partial charge in [0.05, 0.1) is 0 Å². The van der Waals surface area contributed by atoms with Crippen molar-refractivity contribution < 1.29 is 8.78 Å². The van der Waals surface area contributed by atoms with E-state index < -0.39 is 10.9 Å². The van der Waals surface area contributed by atoms with E-state index in [-0.39, 0.29) is 11.1 Å². The fourth-order valence-corrected chi connectivity index (χ4v) is 1.80. The molecular formula is C13H9ClF2. The molecule has 0 N–H and O–H groups in total. The molecule has 0 nitrogen and oxygen atoms in total. The molecule has 0 fully saturated rings. The van der Waals surface area contributed by atoms with Crippen molar-refractivity contribution in [3.63, 3.8) is 0 Å².